The first-order chi connectivity index (χ1) is 8.99. The molecular formula is C13H15ClO5. The van der Waals surface area contributed by atoms with Crippen LogP contribution in [0.4, 0.5) is 0 Å². The van der Waals surface area contributed by atoms with Gasteiger partial charge in [-0.05, 0) is 24.6 Å². The Morgan fingerprint density at radius 3 is 2.63 bits per heavy atom. The van der Waals surface area contributed by atoms with Crippen LogP contribution in [-0.2, 0) is 16.0 Å². The number of aliphatic hydroxyl groups excluding tert-OH is 1. The molecule has 19 heavy (non-hydrogen) atoms. The van der Waals surface area contributed by atoms with E-state index in [1.165, 1.54) is 12.1 Å². The maximum absolute atomic E-state index is 11.4. The number of halogens is 1. The molecule has 104 valence electrons. The van der Waals surface area contributed by atoms with E-state index in [4.69, 9.17) is 21.4 Å². The highest BCUT2D eigenvalue weighted by Gasteiger charge is 2.18. The number of alkyl halides is 1. The van der Waals surface area contributed by atoms with Crippen molar-refractivity contribution in [3.63, 3.8) is 0 Å². The summed E-state index contributed by atoms with van der Waals surface area (Å²) >= 11 is 5.45. The van der Waals surface area contributed by atoms with E-state index in [1.807, 2.05) is 0 Å². The molecule has 5 nitrogen and oxygen atoms in total. The Morgan fingerprint density at radius 2 is 2.11 bits per heavy atom. The van der Waals surface area contributed by atoms with Gasteiger partial charge in [0.05, 0.1) is 12.5 Å². The monoisotopic (exact) mass is 286 g/mol. The SMILES string of the molecule is CCOc1ccc(C(O)C(=O)O)cc1CC(=O)CCl. The van der Waals surface area contributed by atoms with Gasteiger partial charge in [-0.25, -0.2) is 4.79 Å². The maximum Gasteiger partial charge on any atom is 0.337 e. The van der Waals surface area contributed by atoms with Gasteiger partial charge in [-0.3, -0.25) is 4.79 Å². The zero-order chi connectivity index (χ0) is 14.4. The minimum absolute atomic E-state index is 0.0407. The molecule has 0 radical (unpaired) electrons. The number of ether oxygens (including phenoxy) is 1. The van der Waals surface area contributed by atoms with Crippen molar-refractivity contribution in [2.45, 2.75) is 19.4 Å². The number of aliphatic hydroxyl groups is 1. The second-order valence-electron chi connectivity index (χ2n) is 3.89. The van der Waals surface area contributed by atoms with Crippen LogP contribution in [-0.4, -0.2) is 34.5 Å². The fraction of sp³-hybridized carbons (Fsp3) is 0.385. The number of ketones is 1. The number of rotatable bonds is 7. The Kier molecular flexibility index (Phi) is 5.79. The largest absolute Gasteiger partial charge is 0.494 e. The fourth-order valence-electron chi connectivity index (χ4n) is 1.61. The smallest absolute Gasteiger partial charge is 0.337 e. The lowest BCUT2D eigenvalue weighted by atomic mass is 10.0. The van der Waals surface area contributed by atoms with Gasteiger partial charge in [-0.2, -0.15) is 0 Å². The summed E-state index contributed by atoms with van der Waals surface area (Å²) in [5.41, 5.74) is 0.721. The van der Waals surface area contributed by atoms with Gasteiger partial charge in [0, 0.05) is 12.0 Å². The van der Waals surface area contributed by atoms with Gasteiger partial charge in [-0.1, -0.05) is 6.07 Å². The number of aliphatic carboxylic acids is 1. The molecule has 0 saturated heterocycles. The van der Waals surface area contributed by atoms with Crippen LogP contribution >= 0.6 is 11.6 Å². The first-order valence-corrected chi connectivity index (χ1v) is 6.27. The average Bonchev–Trinajstić information content (AvgIpc) is 2.39. The molecule has 2 N–H and O–H groups in total. The van der Waals surface area contributed by atoms with Crippen molar-refractivity contribution >= 4 is 23.4 Å². The lowest BCUT2D eigenvalue weighted by Crippen LogP contribution is -2.12. The van der Waals surface area contributed by atoms with Gasteiger partial charge >= 0.3 is 5.97 Å². The fourth-order valence-corrected chi connectivity index (χ4v) is 1.70. The van der Waals surface area contributed by atoms with Crippen molar-refractivity contribution in [1.29, 1.82) is 0 Å². The Bertz CT molecular complexity index is 472. The molecule has 0 aliphatic rings. The van der Waals surface area contributed by atoms with E-state index >= 15 is 0 Å². The van der Waals surface area contributed by atoms with Crippen molar-refractivity contribution in [1.82, 2.24) is 0 Å². The van der Waals surface area contributed by atoms with Crippen LogP contribution in [0, 0.1) is 0 Å². The third-order valence-corrected chi connectivity index (χ3v) is 2.77. The lowest BCUT2D eigenvalue weighted by molar-refractivity contribution is -0.146. The summed E-state index contributed by atoms with van der Waals surface area (Å²) < 4.78 is 5.35. The van der Waals surface area contributed by atoms with Crippen molar-refractivity contribution in [3.8, 4) is 5.75 Å². The minimum Gasteiger partial charge on any atom is -0.494 e. The first kappa shape index (κ1) is 15.5. The molecule has 0 aliphatic heterocycles. The molecule has 0 heterocycles. The van der Waals surface area contributed by atoms with Crippen LogP contribution < -0.4 is 4.74 Å². The molecule has 1 rings (SSSR count). The van der Waals surface area contributed by atoms with Crippen LogP contribution in [0.3, 0.4) is 0 Å². The summed E-state index contributed by atoms with van der Waals surface area (Å²) in [6.07, 6.45) is -1.58. The van der Waals surface area contributed by atoms with Crippen molar-refractivity contribution < 1.29 is 24.5 Å². The molecule has 0 aromatic heterocycles. The molecule has 1 unspecified atom stereocenters. The van der Waals surface area contributed by atoms with E-state index in [-0.39, 0.29) is 23.6 Å². The molecule has 0 amide bonds. The van der Waals surface area contributed by atoms with Crippen LogP contribution in [0.5, 0.6) is 5.75 Å². The number of carbonyl (C=O) groups is 2. The first-order valence-electron chi connectivity index (χ1n) is 5.73. The van der Waals surface area contributed by atoms with Gasteiger partial charge in [0.25, 0.3) is 0 Å². The predicted octanol–water partition coefficient (Wildman–Crippen LogP) is 1.55. The highest BCUT2D eigenvalue weighted by atomic mass is 35.5. The molecule has 0 spiro atoms. The normalized spacial score (nSPS) is 11.9. The molecule has 0 bridgehead atoms. The summed E-state index contributed by atoms with van der Waals surface area (Å²) in [5, 5.41) is 18.2. The molecule has 1 atom stereocenters. The maximum atomic E-state index is 11.4. The van der Waals surface area contributed by atoms with Gasteiger partial charge in [0.2, 0.25) is 0 Å². The summed E-state index contributed by atoms with van der Waals surface area (Å²) in [6, 6.07) is 4.45. The Morgan fingerprint density at radius 1 is 1.42 bits per heavy atom. The topological polar surface area (TPSA) is 83.8 Å². The van der Waals surface area contributed by atoms with Crippen molar-refractivity contribution in [2.75, 3.05) is 12.5 Å². The van der Waals surface area contributed by atoms with E-state index in [9.17, 15) is 14.7 Å². The number of carboxylic acid groups (broad SMARTS) is 1. The van der Waals surface area contributed by atoms with Crippen LogP contribution in [0.1, 0.15) is 24.2 Å². The summed E-state index contributed by atoms with van der Waals surface area (Å²) in [7, 11) is 0. The van der Waals surface area contributed by atoms with E-state index in [0.29, 0.717) is 17.9 Å². The van der Waals surface area contributed by atoms with Crippen LogP contribution in [0.2, 0.25) is 0 Å². The third-order valence-electron chi connectivity index (χ3n) is 2.47. The summed E-state index contributed by atoms with van der Waals surface area (Å²) in [6.45, 7) is 2.22. The third kappa shape index (κ3) is 4.22. The summed E-state index contributed by atoms with van der Waals surface area (Å²) in [5.74, 6) is -1.19. The standard InChI is InChI=1S/C13H15ClO5/c1-2-19-11-4-3-8(12(16)13(17)18)5-9(11)6-10(15)7-14/h3-5,12,16H,2,6-7H2,1H3,(H,17,18). The lowest BCUT2D eigenvalue weighted by Gasteiger charge is -2.13. The van der Waals surface area contributed by atoms with Crippen molar-refractivity contribution in [2.24, 2.45) is 0 Å². The number of Topliss-reactive ketones (excluding diaryl/α,β-unsaturated/α-hetero) is 1. The Hall–Kier alpha value is -1.59. The molecule has 6 heteroatoms. The zero-order valence-electron chi connectivity index (χ0n) is 10.4. The quantitative estimate of drug-likeness (QED) is 0.743. The highest BCUT2D eigenvalue weighted by Crippen LogP contribution is 2.24. The predicted molar refractivity (Wildman–Crippen MR) is 69.6 cm³/mol. The number of hydrogen-bond donors (Lipinski definition) is 2. The van der Waals surface area contributed by atoms with E-state index in [2.05, 4.69) is 0 Å². The molecule has 0 aliphatic carbocycles. The number of carboxylic acids is 1. The Labute approximate surface area is 115 Å². The van der Waals surface area contributed by atoms with E-state index in [0.717, 1.165) is 0 Å². The number of carbonyl (C=O) groups excluding carboxylic acids is 1. The number of hydrogen-bond acceptors (Lipinski definition) is 4. The van der Waals surface area contributed by atoms with Gasteiger partial charge in [0.1, 0.15) is 5.75 Å². The highest BCUT2D eigenvalue weighted by molar-refractivity contribution is 6.27. The van der Waals surface area contributed by atoms with Gasteiger partial charge in [-0.15, -0.1) is 11.6 Å². The van der Waals surface area contributed by atoms with Crippen molar-refractivity contribution in [3.05, 3.63) is 29.3 Å². The molecule has 0 fully saturated rings. The van der Waals surface area contributed by atoms with Gasteiger partial charge < -0.3 is 14.9 Å². The van der Waals surface area contributed by atoms with E-state index < -0.39 is 12.1 Å². The summed E-state index contributed by atoms with van der Waals surface area (Å²) in [4.78, 5) is 22.1. The molecule has 0 saturated carbocycles. The molecule has 1 aromatic carbocycles. The average molecular weight is 287 g/mol. The zero-order valence-corrected chi connectivity index (χ0v) is 11.2. The van der Waals surface area contributed by atoms with Crippen LogP contribution in [0.15, 0.2) is 18.2 Å². The van der Waals surface area contributed by atoms with E-state index in [1.54, 1.807) is 13.0 Å². The van der Waals surface area contributed by atoms with Crippen LogP contribution in [0.25, 0.3) is 0 Å². The number of benzene rings is 1. The minimum atomic E-state index is -1.62. The van der Waals surface area contributed by atoms with Gasteiger partial charge in [0.15, 0.2) is 11.9 Å². The molecule has 1 aromatic rings. The second-order valence-corrected chi connectivity index (χ2v) is 4.16. The molecular weight excluding hydrogens is 272 g/mol. The Balaban J connectivity index is 3.10. The second kappa shape index (κ2) is 7.11.